The Bertz CT molecular complexity index is 677. The first kappa shape index (κ1) is 22.2. The largest absolute Gasteiger partial charge is 0.288 e. The smallest absolute Gasteiger partial charge is 0.0738 e. The molecule has 2 aromatic rings. The lowest BCUT2D eigenvalue weighted by Crippen LogP contribution is -2.37. The lowest BCUT2D eigenvalue weighted by Gasteiger charge is -2.29. The zero-order valence-electron chi connectivity index (χ0n) is 18.4. The zero-order valence-corrected chi connectivity index (χ0v) is 18.4. The van der Waals surface area contributed by atoms with E-state index in [9.17, 15) is 0 Å². The minimum atomic E-state index is 0.242. The second kappa shape index (κ2) is 11.1. The van der Waals surface area contributed by atoms with Crippen molar-refractivity contribution in [2.45, 2.75) is 52.9 Å². The van der Waals surface area contributed by atoms with Crippen molar-refractivity contribution < 1.29 is 0 Å². The lowest BCUT2D eigenvalue weighted by molar-refractivity contribution is 0.224. The second-order valence-electron chi connectivity index (χ2n) is 8.47. The second-order valence-corrected chi connectivity index (χ2v) is 8.47. The quantitative estimate of drug-likeness (QED) is 0.577. The van der Waals surface area contributed by atoms with E-state index in [1.807, 2.05) is 0 Å². The van der Waals surface area contributed by atoms with E-state index in [1.54, 1.807) is 0 Å². The fraction of sp³-hybridized carbons (Fsp3) is 0.462. The third-order valence-electron chi connectivity index (χ3n) is 5.14. The van der Waals surface area contributed by atoms with Crippen LogP contribution in [0.5, 0.6) is 0 Å². The molecule has 0 aromatic heterocycles. The fourth-order valence-electron chi connectivity index (χ4n) is 3.68. The summed E-state index contributed by atoms with van der Waals surface area (Å²) in [6.45, 7) is 10.9. The summed E-state index contributed by atoms with van der Waals surface area (Å²) in [5.74, 6) is 8.20. The van der Waals surface area contributed by atoms with E-state index in [0.29, 0.717) is 11.8 Å². The summed E-state index contributed by atoms with van der Waals surface area (Å²) in [5, 5.41) is 0. The maximum atomic E-state index is 3.62. The molecule has 0 amide bonds. The molecule has 28 heavy (non-hydrogen) atoms. The van der Waals surface area contributed by atoms with E-state index >= 15 is 0 Å². The molecule has 2 rings (SSSR count). The maximum Gasteiger partial charge on any atom is 0.0738 e. The molecule has 0 aliphatic carbocycles. The Kier molecular flexibility index (Phi) is 8.77. The number of rotatable bonds is 8. The summed E-state index contributed by atoms with van der Waals surface area (Å²) < 4.78 is 0. The van der Waals surface area contributed by atoms with Gasteiger partial charge in [-0.05, 0) is 37.1 Å². The fourth-order valence-corrected chi connectivity index (χ4v) is 3.68. The van der Waals surface area contributed by atoms with Gasteiger partial charge in [0.25, 0.3) is 0 Å². The molecular formula is C26H36N2. The van der Waals surface area contributed by atoms with Crippen LogP contribution < -0.4 is 0 Å². The molecule has 0 N–H and O–H groups in total. The highest BCUT2D eigenvalue weighted by Gasteiger charge is 2.20. The van der Waals surface area contributed by atoms with Crippen molar-refractivity contribution in [1.82, 2.24) is 9.80 Å². The number of hydrogen-bond acceptors (Lipinski definition) is 2. The summed E-state index contributed by atoms with van der Waals surface area (Å²) in [6, 6.07) is 21.8. The maximum absolute atomic E-state index is 3.62. The Morgan fingerprint density at radius 2 is 0.929 bits per heavy atom. The summed E-state index contributed by atoms with van der Waals surface area (Å²) in [6.07, 6.45) is 0. The minimum Gasteiger partial charge on any atom is -0.288 e. The normalized spacial score (nSPS) is 13.6. The van der Waals surface area contributed by atoms with E-state index in [0.717, 1.165) is 13.1 Å². The first-order valence-electron chi connectivity index (χ1n) is 10.4. The SMILES string of the molecule is CC(C)C(C#CC(C(C)C)N(C)Cc1ccccc1)N(C)Cc1ccccc1. The van der Waals surface area contributed by atoms with Crippen LogP contribution in [0.15, 0.2) is 60.7 Å². The average Bonchev–Trinajstić information content (AvgIpc) is 2.66. The number of hydrogen-bond donors (Lipinski definition) is 0. The molecule has 2 atom stereocenters. The van der Waals surface area contributed by atoms with Gasteiger partial charge in [-0.2, -0.15) is 0 Å². The van der Waals surface area contributed by atoms with Crippen LogP contribution in [0.2, 0.25) is 0 Å². The average molecular weight is 377 g/mol. The molecule has 2 aromatic carbocycles. The van der Waals surface area contributed by atoms with Crippen molar-refractivity contribution in [1.29, 1.82) is 0 Å². The molecule has 2 heteroatoms. The molecule has 0 aliphatic heterocycles. The molecule has 0 bridgehead atoms. The summed E-state index contributed by atoms with van der Waals surface area (Å²) in [5.41, 5.74) is 2.66. The van der Waals surface area contributed by atoms with Gasteiger partial charge in [-0.15, -0.1) is 0 Å². The summed E-state index contributed by atoms with van der Waals surface area (Å²) >= 11 is 0. The Morgan fingerprint density at radius 1 is 0.607 bits per heavy atom. The molecule has 0 saturated heterocycles. The Labute approximate surface area is 172 Å². The van der Waals surface area contributed by atoms with Crippen molar-refractivity contribution >= 4 is 0 Å². The number of benzene rings is 2. The molecule has 2 nitrogen and oxygen atoms in total. The highest BCUT2D eigenvalue weighted by molar-refractivity contribution is 5.19. The van der Waals surface area contributed by atoms with Gasteiger partial charge < -0.3 is 0 Å². The van der Waals surface area contributed by atoms with Crippen molar-refractivity contribution in [3.63, 3.8) is 0 Å². The molecule has 0 saturated carbocycles. The molecule has 150 valence electrons. The van der Waals surface area contributed by atoms with Gasteiger partial charge >= 0.3 is 0 Å². The molecule has 0 aliphatic rings. The minimum absolute atomic E-state index is 0.242. The van der Waals surface area contributed by atoms with Crippen LogP contribution in [0.25, 0.3) is 0 Å². The van der Waals surface area contributed by atoms with E-state index in [4.69, 9.17) is 0 Å². The highest BCUT2D eigenvalue weighted by Crippen LogP contribution is 2.15. The third kappa shape index (κ3) is 6.82. The Morgan fingerprint density at radius 3 is 1.21 bits per heavy atom. The standard InChI is InChI=1S/C26H36N2/c1-21(2)25(27(5)19-23-13-9-7-10-14-23)17-18-26(22(3)4)28(6)20-24-15-11-8-12-16-24/h7-16,21-22,25-26H,19-20H2,1-6H3. The van der Waals surface area contributed by atoms with Crippen LogP contribution in [-0.2, 0) is 13.1 Å². The lowest BCUT2D eigenvalue weighted by atomic mass is 9.99. The third-order valence-corrected chi connectivity index (χ3v) is 5.14. The van der Waals surface area contributed by atoms with Crippen molar-refractivity contribution in [3.8, 4) is 11.8 Å². The van der Waals surface area contributed by atoms with Crippen LogP contribution >= 0.6 is 0 Å². The van der Waals surface area contributed by atoms with E-state index in [2.05, 4.69) is 124 Å². The topological polar surface area (TPSA) is 6.48 Å². The van der Waals surface area contributed by atoms with Crippen molar-refractivity contribution in [2.24, 2.45) is 11.8 Å². The predicted molar refractivity (Wildman–Crippen MR) is 121 cm³/mol. The highest BCUT2D eigenvalue weighted by atomic mass is 15.1. The molecule has 0 heterocycles. The van der Waals surface area contributed by atoms with Gasteiger partial charge in [0.15, 0.2) is 0 Å². The predicted octanol–water partition coefficient (Wildman–Crippen LogP) is 5.30. The summed E-state index contributed by atoms with van der Waals surface area (Å²) in [4.78, 5) is 4.75. The van der Waals surface area contributed by atoms with Crippen molar-refractivity contribution in [3.05, 3.63) is 71.8 Å². The van der Waals surface area contributed by atoms with Gasteiger partial charge in [0, 0.05) is 13.1 Å². The Balaban J connectivity index is 2.12. The van der Waals surface area contributed by atoms with Gasteiger partial charge in [0.1, 0.15) is 0 Å². The molecule has 0 fully saturated rings. The van der Waals surface area contributed by atoms with Crippen LogP contribution in [0.4, 0.5) is 0 Å². The Hall–Kier alpha value is -2.08. The van der Waals surface area contributed by atoms with E-state index < -0.39 is 0 Å². The van der Waals surface area contributed by atoms with Crippen molar-refractivity contribution in [2.75, 3.05) is 14.1 Å². The first-order valence-corrected chi connectivity index (χ1v) is 10.4. The zero-order chi connectivity index (χ0) is 20.5. The van der Waals surface area contributed by atoms with Gasteiger partial charge in [0.2, 0.25) is 0 Å². The monoisotopic (exact) mass is 376 g/mol. The van der Waals surface area contributed by atoms with Crippen LogP contribution in [0.1, 0.15) is 38.8 Å². The van der Waals surface area contributed by atoms with Crippen LogP contribution in [-0.4, -0.2) is 36.0 Å². The van der Waals surface area contributed by atoms with Gasteiger partial charge in [-0.3, -0.25) is 9.80 Å². The molecule has 0 radical (unpaired) electrons. The first-order chi connectivity index (χ1) is 13.4. The van der Waals surface area contributed by atoms with Gasteiger partial charge in [-0.25, -0.2) is 0 Å². The van der Waals surface area contributed by atoms with E-state index in [-0.39, 0.29) is 12.1 Å². The van der Waals surface area contributed by atoms with E-state index in [1.165, 1.54) is 11.1 Å². The van der Waals surface area contributed by atoms with Crippen LogP contribution in [0, 0.1) is 23.7 Å². The van der Waals surface area contributed by atoms with Crippen LogP contribution in [0.3, 0.4) is 0 Å². The summed E-state index contributed by atoms with van der Waals surface area (Å²) in [7, 11) is 4.37. The van der Waals surface area contributed by atoms with Gasteiger partial charge in [0.05, 0.1) is 12.1 Å². The molecule has 0 spiro atoms. The number of nitrogens with zero attached hydrogens (tertiary/aromatic N) is 2. The molecular weight excluding hydrogens is 340 g/mol. The molecule has 2 unspecified atom stereocenters. The van der Waals surface area contributed by atoms with Gasteiger partial charge in [-0.1, -0.05) is 100 Å².